The summed E-state index contributed by atoms with van der Waals surface area (Å²) in [7, 11) is 0. The normalized spacial score (nSPS) is 14.2. The van der Waals surface area contributed by atoms with E-state index in [2.05, 4.69) is 243 Å². The first-order chi connectivity index (χ1) is 32.5. The molecule has 0 N–H and O–H groups in total. The summed E-state index contributed by atoms with van der Waals surface area (Å²) in [5.41, 5.74) is 21.6. The molecule has 3 aliphatic rings. The Hall–Kier alpha value is -7.78. The van der Waals surface area contributed by atoms with E-state index in [4.69, 9.17) is 0 Å². The van der Waals surface area contributed by atoms with Crippen molar-refractivity contribution in [1.82, 2.24) is 0 Å². The number of fused-ring (bicyclic) bond motifs is 16. The number of hydrogen-bond donors (Lipinski definition) is 0. The van der Waals surface area contributed by atoms with Crippen LogP contribution in [0.5, 0.6) is 0 Å². The van der Waals surface area contributed by atoms with Gasteiger partial charge in [-0.15, -0.1) is 11.3 Å². The van der Waals surface area contributed by atoms with Gasteiger partial charge in [0.15, 0.2) is 0 Å². The van der Waals surface area contributed by atoms with E-state index in [9.17, 15) is 0 Å². The number of anilines is 3. The lowest BCUT2D eigenvalue weighted by molar-refractivity contribution is 0.660. The smallest absolute Gasteiger partial charge is 0.0740 e. The van der Waals surface area contributed by atoms with E-state index in [0.717, 1.165) is 11.4 Å². The van der Waals surface area contributed by atoms with E-state index in [0.29, 0.717) is 0 Å². The van der Waals surface area contributed by atoms with Gasteiger partial charge in [-0.2, -0.15) is 0 Å². The Bertz CT molecular complexity index is 3750. The highest BCUT2D eigenvalue weighted by atomic mass is 32.1. The van der Waals surface area contributed by atoms with E-state index in [-0.39, 0.29) is 5.41 Å². The highest BCUT2D eigenvalue weighted by Gasteiger charge is 2.54. The lowest BCUT2D eigenvalue weighted by atomic mass is 9.69. The van der Waals surface area contributed by atoms with Crippen molar-refractivity contribution in [3.8, 4) is 54.3 Å². The van der Waals surface area contributed by atoms with Crippen molar-refractivity contribution in [2.45, 2.75) is 24.7 Å². The molecule has 0 atom stereocenters. The Labute approximate surface area is 389 Å². The van der Waals surface area contributed by atoms with Gasteiger partial charge in [-0.25, -0.2) is 0 Å². The van der Waals surface area contributed by atoms with Crippen LogP contribution in [-0.4, -0.2) is 0 Å². The maximum absolute atomic E-state index is 2.50. The zero-order chi connectivity index (χ0) is 43.7. The van der Waals surface area contributed by atoms with Crippen molar-refractivity contribution in [3.05, 3.63) is 258 Å². The summed E-state index contributed by atoms with van der Waals surface area (Å²) in [6, 6.07) is 84.3. The zero-order valence-electron chi connectivity index (χ0n) is 36.7. The molecule has 11 aromatic rings. The minimum atomic E-state index is -0.437. The van der Waals surface area contributed by atoms with Crippen LogP contribution >= 0.6 is 11.3 Å². The van der Waals surface area contributed by atoms with Crippen LogP contribution in [0.4, 0.5) is 17.1 Å². The second kappa shape index (κ2) is 13.9. The van der Waals surface area contributed by atoms with Crippen molar-refractivity contribution in [2.24, 2.45) is 0 Å². The second-order valence-corrected chi connectivity index (χ2v) is 19.7. The minimum Gasteiger partial charge on any atom is -0.310 e. The van der Waals surface area contributed by atoms with Gasteiger partial charge < -0.3 is 4.90 Å². The SMILES string of the molecule is CC1(C)c2ccccc2-c2ccc(N(c3ccc(-c4sc5c(c4-c4ccccc4)C4(c6ccccc6-c6ccccc64)c4ccccc4-5)cc3)c3cc4ccccc4c4ccccc34)cc21. The van der Waals surface area contributed by atoms with E-state index >= 15 is 0 Å². The summed E-state index contributed by atoms with van der Waals surface area (Å²) in [5.74, 6) is 0. The van der Waals surface area contributed by atoms with Crippen LogP contribution < -0.4 is 4.90 Å². The Morgan fingerprint density at radius 3 is 1.58 bits per heavy atom. The Morgan fingerprint density at radius 2 is 0.879 bits per heavy atom. The second-order valence-electron chi connectivity index (χ2n) is 18.7. The Balaban J connectivity index is 0.999. The van der Waals surface area contributed by atoms with Crippen LogP contribution in [0.1, 0.15) is 47.2 Å². The quantitative estimate of drug-likeness (QED) is 0.156. The van der Waals surface area contributed by atoms with Gasteiger partial charge in [0, 0.05) is 37.5 Å². The molecule has 1 spiro atoms. The molecule has 310 valence electrons. The molecule has 1 heterocycles. The van der Waals surface area contributed by atoms with E-state index in [1.54, 1.807) is 0 Å². The first-order valence-corrected chi connectivity index (χ1v) is 23.9. The molecule has 14 rings (SSSR count). The van der Waals surface area contributed by atoms with Crippen LogP contribution in [0.25, 0.3) is 75.8 Å². The van der Waals surface area contributed by atoms with Crippen LogP contribution in [-0.2, 0) is 10.8 Å². The molecular weight excluding hydrogens is 815 g/mol. The number of nitrogens with zero attached hydrogens (tertiary/aromatic N) is 1. The standard InChI is InChI=1S/C64H43NS/c1-63(2)53-28-14-10-23-47(53)50-37-36-44(39-57(50)63)65(58-38-42-20-6-7-21-45(42)46-22-8-9-26-51(46)58)43-34-32-41(33-35-43)61-59(40-18-4-3-5-19-40)60-62(66-61)52-27-13-17-31-56(52)64(60)54-29-15-11-24-48(54)49-25-12-16-30-55(49)64/h3-39H,1-2H3. The average Bonchev–Trinajstić information content (AvgIpc) is 4.07. The van der Waals surface area contributed by atoms with Crippen LogP contribution in [0.15, 0.2) is 224 Å². The highest BCUT2D eigenvalue weighted by Crippen LogP contribution is 2.68. The third kappa shape index (κ3) is 5.00. The van der Waals surface area contributed by atoms with Gasteiger partial charge in [-0.3, -0.25) is 0 Å². The zero-order valence-corrected chi connectivity index (χ0v) is 37.5. The fourth-order valence-corrected chi connectivity index (χ4v) is 13.7. The van der Waals surface area contributed by atoms with Crippen LogP contribution in [0.2, 0.25) is 0 Å². The third-order valence-corrected chi connectivity index (χ3v) is 16.3. The molecule has 0 unspecified atom stereocenters. The number of benzene rings is 10. The third-order valence-electron chi connectivity index (χ3n) is 15.1. The molecule has 0 amide bonds. The predicted molar refractivity (Wildman–Crippen MR) is 279 cm³/mol. The fourth-order valence-electron chi connectivity index (χ4n) is 12.2. The molecule has 0 aliphatic heterocycles. The lowest BCUT2D eigenvalue weighted by Gasteiger charge is -2.31. The van der Waals surface area contributed by atoms with Gasteiger partial charge in [-0.05, 0) is 119 Å². The van der Waals surface area contributed by atoms with E-state index < -0.39 is 5.41 Å². The molecular formula is C64H43NS. The van der Waals surface area contributed by atoms with Crippen LogP contribution in [0.3, 0.4) is 0 Å². The Kier molecular flexibility index (Phi) is 7.89. The highest BCUT2D eigenvalue weighted by molar-refractivity contribution is 7.20. The van der Waals surface area contributed by atoms with Gasteiger partial charge in [0.2, 0.25) is 0 Å². The Morgan fingerprint density at radius 1 is 0.364 bits per heavy atom. The number of hydrogen-bond acceptors (Lipinski definition) is 2. The van der Waals surface area contributed by atoms with Crippen molar-refractivity contribution in [2.75, 3.05) is 4.90 Å². The largest absolute Gasteiger partial charge is 0.310 e. The summed E-state index contributed by atoms with van der Waals surface area (Å²) in [5, 5.41) is 4.98. The molecule has 0 radical (unpaired) electrons. The molecule has 0 saturated heterocycles. The first kappa shape index (κ1) is 37.6. The molecule has 10 aromatic carbocycles. The summed E-state index contributed by atoms with van der Waals surface area (Å²) in [4.78, 5) is 5.16. The summed E-state index contributed by atoms with van der Waals surface area (Å²) >= 11 is 1.95. The van der Waals surface area contributed by atoms with Gasteiger partial charge in [-0.1, -0.05) is 208 Å². The number of thiophene rings is 1. The molecule has 0 saturated carbocycles. The monoisotopic (exact) mass is 857 g/mol. The molecule has 1 aromatic heterocycles. The molecule has 2 heteroatoms. The van der Waals surface area contributed by atoms with Crippen molar-refractivity contribution in [3.63, 3.8) is 0 Å². The van der Waals surface area contributed by atoms with Crippen molar-refractivity contribution < 1.29 is 0 Å². The minimum absolute atomic E-state index is 0.132. The van der Waals surface area contributed by atoms with Crippen molar-refractivity contribution in [1.29, 1.82) is 0 Å². The molecule has 0 bridgehead atoms. The van der Waals surface area contributed by atoms with Gasteiger partial charge in [0.05, 0.1) is 11.1 Å². The first-order valence-electron chi connectivity index (χ1n) is 23.1. The summed E-state index contributed by atoms with van der Waals surface area (Å²) < 4.78 is 0. The van der Waals surface area contributed by atoms with E-state index in [1.807, 2.05) is 11.3 Å². The van der Waals surface area contributed by atoms with Gasteiger partial charge in [0.25, 0.3) is 0 Å². The summed E-state index contributed by atoms with van der Waals surface area (Å²) in [6.45, 7) is 4.75. The topological polar surface area (TPSA) is 3.24 Å². The lowest BCUT2D eigenvalue weighted by Crippen LogP contribution is -2.26. The predicted octanol–water partition coefficient (Wildman–Crippen LogP) is 17.5. The molecule has 1 nitrogen and oxygen atoms in total. The molecule has 0 fully saturated rings. The van der Waals surface area contributed by atoms with Gasteiger partial charge in [0.1, 0.15) is 0 Å². The summed E-state index contributed by atoms with van der Waals surface area (Å²) in [6.07, 6.45) is 0. The maximum Gasteiger partial charge on any atom is 0.0740 e. The molecule has 66 heavy (non-hydrogen) atoms. The number of rotatable bonds is 5. The van der Waals surface area contributed by atoms with Gasteiger partial charge >= 0.3 is 0 Å². The average molecular weight is 858 g/mol. The fraction of sp³-hybridized carbons (Fsp3) is 0.0625. The van der Waals surface area contributed by atoms with Crippen molar-refractivity contribution >= 4 is 49.9 Å². The molecule has 3 aliphatic carbocycles. The van der Waals surface area contributed by atoms with E-state index in [1.165, 1.54) is 115 Å². The van der Waals surface area contributed by atoms with Crippen LogP contribution in [0, 0.1) is 0 Å². The maximum atomic E-state index is 2.50.